The van der Waals surface area contributed by atoms with Gasteiger partial charge in [0.25, 0.3) is 5.56 Å². The molecule has 1 heterocycles. The van der Waals surface area contributed by atoms with Crippen LogP contribution in [0.2, 0.25) is 0 Å². The number of hydrogen-bond acceptors (Lipinski definition) is 3. The van der Waals surface area contributed by atoms with Gasteiger partial charge in [0, 0.05) is 31.0 Å². The highest BCUT2D eigenvalue weighted by Crippen LogP contribution is 2.28. The molecule has 0 aliphatic carbocycles. The van der Waals surface area contributed by atoms with Gasteiger partial charge in [0.2, 0.25) is 0 Å². The van der Waals surface area contributed by atoms with Gasteiger partial charge in [0.1, 0.15) is 0 Å². The third-order valence-electron chi connectivity index (χ3n) is 3.79. The van der Waals surface area contributed by atoms with Crippen LogP contribution in [0.4, 0.5) is 5.69 Å². The predicted molar refractivity (Wildman–Crippen MR) is 88.8 cm³/mol. The van der Waals surface area contributed by atoms with Gasteiger partial charge in [-0.15, -0.1) is 0 Å². The Labute approximate surface area is 130 Å². The first-order valence-corrected chi connectivity index (χ1v) is 8.33. The zero-order valence-corrected chi connectivity index (χ0v) is 14.8. The highest BCUT2D eigenvalue weighted by Gasteiger charge is 2.24. The van der Waals surface area contributed by atoms with Crippen LogP contribution in [0.5, 0.6) is 0 Å². The van der Waals surface area contributed by atoms with Crippen molar-refractivity contribution in [3.63, 3.8) is 0 Å². The fourth-order valence-corrected chi connectivity index (χ4v) is 3.26. The van der Waals surface area contributed by atoms with Crippen LogP contribution in [-0.4, -0.2) is 28.2 Å². The van der Waals surface area contributed by atoms with Gasteiger partial charge >= 0.3 is 0 Å². The number of nitrogens with zero attached hydrogens (tertiary/aromatic N) is 3. The van der Waals surface area contributed by atoms with Crippen molar-refractivity contribution in [3.8, 4) is 0 Å². The average molecular weight is 344 g/mol. The number of rotatable bonds is 6. The van der Waals surface area contributed by atoms with Gasteiger partial charge in [-0.3, -0.25) is 4.79 Å². The molecule has 1 atom stereocenters. The molecule has 0 aliphatic rings. The largest absolute Gasteiger partial charge is 0.371 e. The highest BCUT2D eigenvalue weighted by atomic mass is 79.9. The minimum Gasteiger partial charge on any atom is -0.371 e. The van der Waals surface area contributed by atoms with Gasteiger partial charge in [0.05, 0.1) is 11.9 Å². The number of halogens is 1. The van der Waals surface area contributed by atoms with Gasteiger partial charge in [-0.25, -0.2) is 4.68 Å². The molecule has 0 amide bonds. The summed E-state index contributed by atoms with van der Waals surface area (Å²) in [6.45, 7) is 13.1. The van der Waals surface area contributed by atoms with Gasteiger partial charge in [-0.2, -0.15) is 5.10 Å². The minimum atomic E-state index is -0.0235. The molecule has 1 aromatic rings. The SMILES string of the molecule is CCN(CC)c1cnn(CC(CBr)C(C)(C)C)c(=O)c1. The standard InChI is InChI=1S/C15H26BrN3O/c1-6-18(7-2)13-8-14(20)19(17-10-13)11-12(9-16)15(3,4)5/h8,10,12H,6-7,9,11H2,1-5H3. The normalized spacial score (nSPS) is 13.3. The monoisotopic (exact) mass is 343 g/mol. The first kappa shape index (κ1) is 17.2. The van der Waals surface area contributed by atoms with Crippen molar-refractivity contribution < 1.29 is 0 Å². The average Bonchev–Trinajstić information content (AvgIpc) is 2.37. The van der Waals surface area contributed by atoms with Gasteiger partial charge in [-0.05, 0) is 25.2 Å². The first-order chi connectivity index (χ1) is 9.33. The highest BCUT2D eigenvalue weighted by molar-refractivity contribution is 9.09. The molecule has 0 aromatic carbocycles. The fraction of sp³-hybridized carbons (Fsp3) is 0.733. The molecule has 4 nitrogen and oxygen atoms in total. The molecule has 0 spiro atoms. The Bertz CT molecular complexity index is 475. The second-order valence-corrected chi connectivity index (χ2v) is 6.77. The van der Waals surface area contributed by atoms with Crippen LogP contribution in [0.25, 0.3) is 0 Å². The summed E-state index contributed by atoms with van der Waals surface area (Å²) in [7, 11) is 0. The molecular weight excluding hydrogens is 318 g/mol. The van der Waals surface area contributed by atoms with Crippen LogP contribution in [-0.2, 0) is 6.54 Å². The van der Waals surface area contributed by atoms with E-state index in [4.69, 9.17) is 0 Å². The zero-order chi connectivity index (χ0) is 15.3. The Morgan fingerprint density at radius 1 is 1.35 bits per heavy atom. The number of aromatic nitrogens is 2. The van der Waals surface area contributed by atoms with Crippen LogP contribution in [0.1, 0.15) is 34.6 Å². The van der Waals surface area contributed by atoms with E-state index in [1.165, 1.54) is 0 Å². The van der Waals surface area contributed by atoms with E-state index >= 15 is 0 Å². The van der Waals surface area contributed by atoms with E-state index in [1.807, 2.05) is 0 Å². The maximum absolute atomic E-state index is 12.2. The summed E-state index contributed by atoms with van der Waals surface area (Å²) in [5.41, 5.74) is 1.02. The molecular formula is C15H26BrN3O. The molecule has 0 saturated carbocycles. The summed E-state index contributed by atoms with van der Waals surface area (Å²) in [5.74, 6) is 0.368. The fourth-order valence-electron chi connectivity index (χ4n) is 2.09. The van der Waals surface area contributed by atoms with Gasteiger partial charge in [0.15, 0.2) is 0 Å². The summed E-state index contributed by atoms with van der Waals surface area (Å²) in [4.78, 5) is 14.3. The van der Waals surface area contributed by atoms with Crippen LogP contribution in [0.3, 0.4) is 0 Å². The third kappa shape index (κ3) is 4.33. The van der Waals surface area contributed by atoms with E-state index in [1.54, 1.807) is 16.9 Å². The molecule has 0 saturated heterocycles. The van der Waals surface area contributed by atoms with Gasteiger partial charge < -0.3 is 4.90 Å². The second kappa shape index (κ2) is 7.25. The van der Waals surface area contributed by atoms with Crippen molar-refractivity contribution in [2.24, 2.45) is 11.3 Å². The lowest BCUT2D eigenvalue weighted by Crippen LogP contribution is -2.33. The van der Waals surface area contributed by atoms with Crippen LogP contribution in [0.15, 0.2) is 17.1 Å². The lowest BCUT2D eigenvalue weighted by molar-refractivity contribution is 0.228. The molecule has 0 radical (unpaired) electrons. The van der Waals surface area contributed by atoms with Crippen molar-refractivity contribution in [2.75, 3.05) is 23.3 Å². The number of hydrogen-bond donors (Lipinski definition) is 0. The Balaban J connectivity index is 2.97. The molecule has 1 unspecified atom stereocenters. The summed E-state index contributed by atoms with van der Waals surface area (Å²) in [6.07, 6.45) is 1.79. The summed E-state index contributed by atoms with van der Waals surface area (Å²) < 4.78 is 1.57. The molecule has 5 heteroatoms. The van der Waals surface area contributed by atoms with Crippen LogP contribution in [0, 0.1) is 11.3 Å². The number of anilines is 1. The maximum Gasteiger partial charge on any atom is 0.268 e. The van der Waals surface area contributed by atoms with E-state index in [-0.39, 0.29) is 11.0 Å². The van der Waals surface area contributed by atoms with Crippen molar-refractivity contribution >= 4 is 21.6 Å². The van der Waals surface area contributed by atoms with E-state index in [0.717, 1.165) is 24.1 Å². The van der Waals surface area contributed by atoms with Crippen molar-refractivity contribution in [1.29, 1.82) is 0 Å². The van der Waals surface area contributed by atoms with Crippen molar-refractivity contribution in [3.05, 3.63) is 22.6 Å². The summed E-state index contributed by atoms with van der Waals surface area (Å²) in [6, 6.07) is 1.69. The Morgan fingerprint density at radius 3 is 2.35 bits per heavy atom. The lowest BCUT2D eigenvalue weighted by Gasteiger charge is -2.29. The van der Waals surface area contributed by atoms with Crippen molar-refractivity contribution in [2.45, 2.75) is 41.2 Å². The van der Waals surface area contributed by atoms with Crippen LogP contribution >= 0.6 is 15.9 Å². The van der Waals surface area contributed by atoms with E-state index in [2.05, 4.69) is 60.5 Å². The lowest BCUT2D eigenvalue weighted by atomic mass is 9.82. The molecule has 1 rings (SSSR count). The Morgan fingerprint density at radius 2 is 1.95 bits per heavy atom. The second-order valence-electron chi connectivity index (χ2n) is 6.12. The molecule has 1 aromatic heterocycles. The van der Waals surface area contributed by atoms with Crippen LogP contribution < -0.4 is 10.5 Å². The molecule has 0 aliphatic heterocycles. The molecule has 0 fully saturated rings. The summed E-state index contributed by atoms with van der Waals surface area (Å²) >= 11 is 3.54. The number of alkyl halides is 1. The van der Waals surface area contributed by atoms with Crippen molar-refractivity contribution in [1.82, 2.24) is 9.78 Å². The van der Waals surface area contributed by atoms with E-state index < -0.39 is 0 Å². The molecule has 20 heavy (non-hydrogen) atoms. The Kier molecular flexibility index (Phi) is 6.24. The predicted octanol–water partition coefficient (Wildman–Crippen LogP) is 3.15. The van der Waals surface area contributed by atoms with E-state index in [9.17, 15) is 4.79 Å². The zero-order valence-electron chi connectivity index (χ0n) is 13.2. The minimum absolute atomic E-state index is 0.0235. The topological polar surface area (TPSA) is 38.1 Å². The van der Waals surface area contributed by atoms with Gasteiger partial charge in [-0.1, -0.05) is 36.7 Å². The van der Waals surface area contributed by atoms with E-state index in [0.29, 0.717) is 12.5 Å². The third-order valence-corrected chi connectivity index (χ3v) is 4.57. The maximum atomic E-state index is 12.2. The first-order valence-electron chi connectivity index (χ1n) is 7.21. The quantitative estimate of drug-likeness (QED) is 0.744. The molecule has 0 bridgehead atoms. The molecule has 0 N–H and O–H groups in total. The Hall–Kier alpha value is -0.840. The molecule has 114 valence electrons. The summed E-state index contributed by atoms with van der Waals surface area (Å²) in [5, 5.41) is 5.20. The smallest absolute Gasteiger partial charge is 0.268 e.